The monoisotopic (exact) mass is 461 g/mol. The number of aliphatic hydroxyl groups excluding tert-OH is 1. The minimum atomic E-state index is -0.352. The van der Waals surface area contributed by atoms with Crippen LogP contribution >= 0.6 is 11.3 Å². The van der Waals surface area contributed by atoms with Crippen molar-refractivity contribution in [3.63, 3.8) is 0 Å². The largest absolute Gasteiger partial charge is 0.395 e. The summed E-state index contributed by atoms with van der Waals surface area (Å²) in [7, 11) is 0. The van der Waals surface area contributed by atoms with Crippen molar-refractivity contribution in [3.8, 4) is 11.3 Å². The lowest BCUT2D eigenvalue weighted by molar-refractivity contribution is -0.115. The van der Waals surface area contributed by atoms with Crippen LogP contribution in [0, 0.1) is 0 Å². The number of carbonyl (C=O) groups excluding carboxylic acids is 2. The highest BCUT2D eigenvalue weighted by atomic mass is 32.1. The average molecular weight is 462 g/mol. The SMILES string of the molecule is C[C@]1(CO)CCc2ccc(C(=O)NCC(=O)Nc3nc(-c4ccn5ccnc5c4)cs3)cc21. The van der Waals surface area contributed by atoms with Crippen LogP contribution in [0.15, 0.2) is 54.3 Å². The Morgan fingerprint density at radius 2 is 2.12 bits per heavy atom. The molecular weight excluding hydrogens is 438 g/mol. The first-order chi connectivity index (χ1) is 15.9. The number of fused-ring (bicyclic) bond motifs is 2. The lowest BCUT2D eigenvalue weighted by Crippen LogP contribution is -2.33. The molecule has 1 aromatic carbocycles. The Morgan fingerprint density at radius 1 is 1.24 bits per heavy atom. The molecule has 5 rings (SSSR count). The number of nitrogens with one attached hydrogen (secondary N) is 2. The number of pyridine rings is 1. The van der Waals surface area contributed by atoms with Gasteiger partial charge in [-0.1, -0.05) is 13.0 Å². The zero-order valence-electron chi connectivity index (χ0n) is 18.0. The second-order valence-corrected chi connectivity index (χ2v) is 9.33. The summed E-state index contributed by atoms with van der Waals surface area (Å²) in [5, 5.41) is 17.5. The lowest BCUT2D eigenvalue weighted by atomic mass is 9.84. The van der Waals surface area contributed by atoms with E-state index in [1.165, 1.54) is 11.3 Å². The number of aliphatic hydroxyl groups is 1. The minimum absolute atomic E-state index is 0.0409. The van der Waals surface area contributed by atoms with Gasteiger partial charge in [0.15, 0.2) is 5.13 Å². The lowest BCUT2D eigenvalue weighted by Gasteiger charge is -2.22. The van der Waals surface area contributed by atoms with Gasteiger partial charge in [-0.25, -0.2) is 9.97 Å². The molecule has 2 amide bonds. The normalized spacial score (nSPS) is 17.2. The molecule has 1 aliphatic carbocycles. The number of imidazole rings is 1. The first kappa shape index (κ1) is 21.3. The summed E-state index contributed by atoms with van der Waals surface area (Å²) in [5.74, 6) is -0.678. The Morgan fingerprint density at radius 3 is 2.97 bits per heavy atom. The van der Waals surface area contributed by atoms with Crippen LogP contribution in [0.1, 0.15) is 34.8 Å². The number of thiazole rings is 1. The van der Waals surface area contributed by atoms with Gasteiger partial charge < -0.3 is 20.1 Å². The van der Waals surface area contributed by atoms with Crippen molar-refractivity contribution in [2.75, 3.05) is 18.5 Å². The number of nitrogens with zero attached hydrogens (tertiary/aromatic N) is 3. The molecule has 0 saturated heterocycles. The van der Waals surface area contributed by atoms with Crippen molar-refractivity contribution in [1.82, 2.24) is 19.7 Å². The van der Waals surface area contributed by atoms with Crippen molar-refractivity contribution < 1.29 is 14.7 Å². The van der Waals surface area contributed by atoms with Gasteiger partial charge in [0.25, 0.3) is 5.91 Å². The molecule has 168 valence electrons. The number of hydrogen-bond donors (Lipinski definition) is 3. The van der Waals surface area contributed by atoms with Gasteiger partial charge in [0.05, 0.1) is 18.8 Å². The molecule has 9 heteroatoms. The van der Waals surface area contributed by atoms with Crippen LogP contribution in [0.5, 0.6) is 0 Å². The van der Waals surface area contributed by atoms with Crippen LogP contribution in [0.4, 0.5) is 5.13 Å². The quantitative estimate of drug-likeness (QED) is 0.409. The zero-order chi connectivity index (χ0) is 23.0. The van der Waals surface area contributed by atoms with E-state index in [4.69, 9.17) is 0 Å². The first-order valence-electron chi connectivity index (χ1n) is 10.7. The molecule has 1 aliphatic rings. The third kappa shape index (κ3) is 4.12. The molecule has 0 saturated carbocycles. The Hall–Kier alpha value is -3.56. The molecule has 0 spiro atoms. The molecule has 3 heterocycles. The van der Waals surface area contributed by atoms with Crippen molar-refractivity contribution >= 4 is 33.9 Å². The second kappa shape index (κ2) is 8.42. The average Bonchev–Trinajstić information content (AvgIpc) is 3.56. The van der Waals surface area contributed by atoms with Crippen molar-refractivity contribution in [2.24, 2.45) is 0 Å². The van der Waals surface area contributed by atoms with Crippen molar-refractivity contribution in [3.05, 3.63) is 71.0 Å². The standard InChI is InChI=1S/C24H23N5O3S/c1-24(14-30)6-4-15-2-3-17(10-18(15)24)22(32)26-12-21(31)28-23-27-19(13-33-23)16-5-8-29-9-7-25-20(29)11-16/h2-3,5,7-11,13,30H,4,6,12,14H2,1H3,(H,26,32)(H,27,28,31)/t24-/m1/s1. The van der Waals surface area contributed by atoms with Crippen LogP contribution in [0.25, 0.3) is 16.9 Å². The van der Waals surface area contributed by atoms with E-state index in [-0.39, 0.29) is 30.4 Å². The Balaban J connectivity index is 1.20. The van der Waals surface area contributed by atoms with Gasteiger partial charge in [0.2, 0.25) is 5.91 Å². The summed E-state index contributed by atoms with van der Waals surface area (Å²) in [6, 6.07) is 9.39. The summed E-state index contributed by atoms with van der Waals surface area (Å²) >= 11 is 1.32. The van der Waals surface area contributed by atoms with Gasteiger partial charge in [0, 0.05) is 40.5 Å². The van der Waals surface area contributed by atoms with E-state index in [2.05, 4.69) is 20.6 Å². The van der Waals surface area contributed by atoms with Gasteiger partial charge in [-0.05, 0) is 48.2 Å². The number of carbonyl (C=O) groups is 2. The fourth-order valence-corrected chi connectivity index (χ4v) is 4.90. The number of benzene rings is 1. The maximum Gasteiger partial charge on any atom is 0.251 e. The number of aromatic nitrogens is 3. The Kier molecular flexibility index (Phi) is 5.43. The van der Waals surface area contributed by atoms with Crippen LogP contribution < -0.4 is 10.6 Å². The minimum Gasteiger partial charge on any atom is -0.395 e. The summed E-state index contributed by atoms with van der Waals surface area (Å²) < 4.78 is 1.91. The summed E-state index contributed by atoms with van der Waals surface area (Å²) in [5.41, 5.74) is 4.79. The molecule has 8 nitrogen and oxygen atoms in total. The zero-order valence-corrected chi connectivity index (χ0v) is 18.9. The number of rotatable bonds is 6. The predicted octanol–water partition coefficient (Wildman–Crippen LogP) is 3.02. The number of anilines is 1. The van der Waals surface area contributed by atoms with Gasteiger partial charge >= 0.3 is 0 Å². The van der Waals surface area contributed by atoms with Gasteiger partial charge in [-0.2, -0.15) is 0 Å². The Labute approximate surface area is 194 Å². The summed E-state index contributed by atoms with van der Waals surface area (Å²) in [4.78, 5) is 33.7. The second-order valence-electron chi connectivity index (χ2n) is 8.47. The molecule has 0 fully saturated rings. The highest BCUT2D eigenvalue weighted by molar-refractivity contribution is 7.14. The van der Waals surface area contributed by atoms with Crippen molar-refractivity contribution in [1.29, 1.82) is 0 Å². The molecule has 3 N–H and O–H groups in total. The van der Waals surface area contributed by atoms with E-state index in [1.807, 2.05) is 53.4 Å². The van der Waals surface area contributed by atoms with Crippen LogP contribution in [-0.2, 0) is 16.6 Å². The third-order valence-corrected chi connectivity index (χ3v) is 6.93. The van der Waals surface area contributed by atoms with E-state index in [9.17, 15) is 14.7 Å². The molecule has 0 radical (unpaired) electrons. The van der Waals surface area contributed by atoms with Crippen LogP contribution in [0.2, 0.25) is 0 Å². The number of aryl methyl sites for hydroxylation is 1. The van der Waals surface area contributed by atoms with Gasteiger partial charge in [0.1, 0.15) is 5.65 Å². The molecular formula is C24H23N5O3S. The highest BCUT2D eigenvalue weighted by Gasteiger charge is 2.34. The fourth-order valence-electron chi connectivity index (χ4n) is 4.17. The van der Waals surface area contributed by atoms with E-state index in [0.717, 1.165) is 40.9 Å². The maximum absolute atomic E-state index is 12.6. The maximum atomic E-state index is 12.6. The predicted molar refractivity (Wildman–Crippen MR) is 126 cm³/mol. The first-order valence-corrected chi connectivity index (χ1v) is 11.5. The van der Waals surface area contributed by atoms with E-state index in [1.54, 1.807) is 12.3 Å². The number of hydrogen-bond acceptors (Lipinski definition) is 6. The molecule has 4 aromatic rings. The van der Waals surface area contributed by atoms with E-state index < -0.39 is 0 Å². The smallest absolute Gasteiger partial charge is 0.251 e. The Bertz CT molecular complexity index is 1360. The fraction of sp³-hybridized carbons (Fsp3) is 0.250. The summed E-state index contributed by atoms with van der Waals surface area (Å²) in [6.07, 6.45) is 7.26. The molecule has 0 unspecified atom stereocenters. The molecule has 33 heavy (non-hydrogen) atoms. The highest BCUT2D eigenvalue weighted by Crippen LogP contribution is 2.38. The molecule has 0 aliphatic heterocycles. The van der Waals surface area contributed by atoms with E-state index in [0.29, 0.717) is 10.7 Å². The molecule has 1 atom stereocenters. The van der Waals surface area contributed by atoms with Crippen LogP contribution in [0.3, 0.4) is 0 Å². The summed E-state index contributed by atoms with van der Waals surface area (Å²) in [6.45, 7) is 1.88. The van der Waals surface area contributed by atoms with Gasteiger partial charge in [-0.15, -0.1) is 11.3 Å². The van der Waals surface area contributed by atoms with Gasteiger partial charge in [-0.3, -0.25) is 9.59 Å². The van der Waals surface area contributed by atoms with Crippen LogP contribution in [-0.4, -0.2) is 44.4 Å². The van der Waals surface area contributed by atoms with E-state index >= 15 is 0 Å². The molecule has 3 aromatic heterocycles. The molecule has 0 bridgehead atoms. The number of amides is 2. The topological polar surface area (TPSA) is 109 Å². The third-order valence-electron chi connectivity index (χ3n) is 6.17. The van der Waals surface area contributed by atoms with Crippen molar-refractivity contribution in [2.45, 2.75) is 25.2 Å².